The Morgan fingerprint density at radius 3 is 2.45 bits per heavy atom. The highest BCUT2D eigenvalue weighted by Crippen LogP contribution is 2.27. The fourth-order valence-electron chi connectivity index (χ4n) is 3.32. The summed E-state index contributed by atoms with van der Waals surface area (Å²) < 4.78 is 12.8. The van der Waals surface area contributed by atoms with E-state index in [9.17, 15) is 0 Å². The molecule has 3 rings (SSSR count). The minimum Gasteiger partial charge on any atom is -0.493 e. The van der Waals surface area contributed by atoms with Crippen LogP contribution in [0.2, 0.25) is 0 Å². The molecule has 0 aliphatic rings. The third kappa shape index (κ3) is 8.23. The molecule has 0 aliphatic heterocycles. The zero-order valence-electron chi connectivity index (χ0n) is 19.5. The van der Waals surface area contributed by atoms with Gasteiger partial charge in [-0.2, -0.15) is 0 Å². The Hall–Kier alpha value is -2.82. The molecule has 8 nitrogen and oxygen atoms in total. The summed E-state index contributed by atoms with van der Waals surface area (Å²) in [5.74, 6) is 3.23. The van der Waals surface area contributed by atoms with Crippen LogP contribution >= 0.6 is 24.0 Å². The van der Waals surface area contributed by atoms with Crippen molar-refractivity contribution in [1.82, 2.24) is 25.4 Å². The molecule has 9 heteroatoms. The van der Waals surface area contributed by atoms with Crippen molar-refractivity contribution >= 4 is 29.9 Å². The average molecular weight is 564 g/mol. The molecule has 3 aromatic rings. The number of hydrogen-bond donors (Lipinski definition) is 2. The molecule has 1 heterocycles. The maximum Gasteiger partial charge on any atom is 0.191 e. The molecule has 0 saturated carbocycles. The van der Waals surface area contributed by atoms with Gasteiger partial charge >= 0.3 is 0 Å². The van der Waals surface area contributed by atoms with Crippen molar-refractivity contribution in [2.75, 3.05) is 27.3 Å². The largest absolute Gasteiger partial charge is 0.493 e. The summed E-state index contributed by atoms with van der Waals surface area (Å²) in [5, 5.41) is 15.0. The molecule has 0 spiro atoms. The number of nitrogens with one attached hydrogen (secondary N) is 2. The predicted molar refractivity (Wildman–Crippen MR) is 142 cm³/mol. The van der Waals surface area contributed by atoms with Crippen LogP contribution in [0.4, 0.5) is 0 Å². The summed E-state index contributed by atoms with van der Waals surface area (Å²) in [6.45, 7) is 4.93. The van der Waals surface area contributed by atoms with Crippen LogP contribution in [-0.4, -0.2) is 48.0 Å². The van der Waals surface area contributed by atoms with Gasteiger partial charge in [-0.3, -0.25) is 0 Å². The minimum atomic E-state index is 0. The Morgan fingerprint density at radius 2 is 1.73 bits per heavy atom. The molecule has 0 atom stereocenters. The van der Waals surface area contributed by atoms with E-state index in [4.69, 9.17) is 14.5 Å². The molecule has 2 N–H and O–H groups in total. The van der Waals surface area contributed by atoms with Crippen LogP contribution in [0.1, 0.15) is 23.9 Å². The lowest BCUT2D eigenvalue weighted by Crippen LogP contribution is -2.40. The standard InChI is InChI=1S/C24H32N6O2.HI/c1-4-23-29-28-18-30(23)15-14-26-24(27-17-20-8-6-5-7-9-20)25-13-12-19-10-11-21(31-2)22(16-19)32-3;/h5-11,16,18H,4,12-15,17H2,1-3H3,(H2,25,26,27);1H. The van der Waals surface area contributed by atoms with Crippen LogP contribution in [0.25, 0.3) is 0 Å². The second-order valence-electron chi connectivity index (χ2n) is 7.24. The molecule has 178 valence electrons. The highest BCUT2D eigenvalue weighted by atomic mass is 127. The summed E-state index contributed by atoms with van der Waals surface area (Å²) in [4.78, 5) is 4.76. The Balaban J connectivity index is 0.00000385. The van der Waals surface area contributed by atoms with Crippen molar-refractivity contribution in [3.05, 3.63) is 71.8 Å². The molecule has 0 amide bonds. The van der Waals surface area contributed by atoms with Gasteiger partial charge in [-0.1, -0.05) is 43.3 Å². The summed E-state index contributed by atoms with van der Waals surface area (Å²) >= 11 is 0. The molecule has 0 radical (unpaired) electrons. The smallest absolute Gasteiger partial charge is 0.191 e. The van der Waals surface area contributed by atoms with E-state index in [2.05, 4.69) is 50.5 Å². The van der Waals surface area contributed by atoms with E-state index in [1.165, 1.54) is 5.56 Å². The van der Waals surface area contributed by atoms with Crippen molar-refractivity contribution in [3.63, 3.8) is 0 Å². The lowest BCUT2D eigenvalue weighted by Gasteiger charge is -2.14. The molecular weight excluding hydrogens is 531 g/mol. The molecule has 0 saturated heterocycles. The van der Waals surface area contributed by atoms with Crippen LogP contribution < -0.4 is 20.1 Å². The maximum absolute atomic E-state index is 5.41. The highest BCUT2D eigenvalue weighted by molar-refractivity contribution is 14.0. The molecular formula is C24H33IN6O2. The normalized spacial score (nSPS) is 10.9. The van der Waals surface area contributed by atoms with Gasteiger partial charge in [-0.15, -0.1) is 34.2 Å². The number of aryl methyl sites for hydroxylation is 1. The SMILES string of the molecule is CCc1nncn1CCNC(=NCc1ccccc1)NCCc1ccc(OC)c(OC)c1.I. The van der Waals surface area contributed by atoms with Crippen molar-refractivity contribution in [2.45, 2.75) is 32.9 Å². The Bertz CT molecular complexity index is 994. The molecule has 2 aromatic carbocycles. The van der Waals surface area contributed by atoms with Gasteiger partial charge in [0.15, 0.2) is 17.5 Å². The van der Waals surface area contributed by atoms with Gasteiger partial charge in [-0.05, 0) is 29.7 Å². The van der Waals surface area contributed by atoms with Crippen LogP contribution in [0.15, 0.2) is 59.9 Å². The van der Waals surface area contributed by atoms with Gasteiger partial charge in [-0.25, -0.2) is 4.99 Å². The first-order chi connectivity index (χ1) is 15.7. The van der Waals surface area contributed by atoms with E-state index in [1.54, 1.807) is 20.5 Å². The van der Waals surface area contributed by atoms with E-state index < -0.39 is 0 Å². The lowest BCUT2D eigenvalue weighted by molar-refractivity contribution is 0.354. The van der Waals surface area contributed by atoms with E-state index in [1.807, 2.05) is 30.3 Å². The van der Waals surface area contributed by atoms with Crippen LogP contribution in [-0.2, 0) is 25.9 Å². The zero-order valence-corrected chi connectivity index (χ0v) is 21.8. The third-order valence-electron chi connectivity index (χ3n) is 5.07. The third-order valence-corrected chi connectivity index (χ3v) is 5.07. The van der Waals surface area contributed by atoms with Crippen molar-refractivity contribution in [2.24, 2.45) is 4.99 Å². The number of aromatic nitrogens is 3. The topological polar surface area (TPSA) is 85.6 Å². The zero-order chi connectivity index (χ0) is 22.6. The number of rotatable bonds is 11. The number of ether oxygens (including phenoxy) is 2. The van der Waals surface area contributed by atoms with Crippen molar-refractivity contribution in [3.8, 4) is 11.5 Å². The van der Waals surface area contributed by atoms with Gasteiger partial charge in [0, 0.05) is 26.1 Å². The average Bonchev–Trinajstić information content (AvgIpc) is 3.30. The predicted octanol–water partition coefficient (Wildman–Crippen LogP) is 3.45. The molecule has 0 aliphatic carbocycles. The second kappa shape index (κ2) is 14.4. The monoisotopic (exact) mass is 564 g/mol. The quantitative estimate of drug-likeness (QED) is 0.211. The van der Waals surface area contributed by atoms with E-state index >= 15 is 0 Å². The minimum absolute atomic E-state index is 0. The fraction of sp³-hybridized carbons (Fsp3) is 0.375. The summed E-state index contributed by atoms with van der Waals surface area (Å²) in [6, 6.07) is 16.2. The number of halogens is 1. The van der Waals surface area contributed by atoms with Crippen molar-refractivity contribution < 1.29 is 9.47 Å². The lowest BCUT2D eigenvalue weighted by atomic mass is 10.1. The Kier molecular flexibility index (Phi) is 11.5. The Morgan fingerprint density at radius 1 is 0.970 bits per heavy atom. The van der Waals surface area contributed by atoms with Crippen LogP contribution in [0.5, 0.6) is 11.5 Å². The first kappa shape index (κ1) is 26.4. The first-order valence-corrected chi connectivity index (χ1v) is 10.9. The number of benzene rings is 2. The number of nitrogens with zero attached hydrogens (tertiary/aromatic N) is 4. The second-order valence-corrected chi connectivity index (χ2v) is 7.24. The van der Waals surface area contributed by atoms with E-state index in [0.717, 1.165) is 61.3 Å². The molecule has 33 heavy (non-hydrogen) atoms. The fourth-order valence-corrected chi connectivity index (χ4v) is 3.32. The van der Waals surface area contributed by atoms with Crippen LogP contribution in [0, 0.1) is 0 Å². The van der Waals surface area contributed by atoms with Crippen molar-refractivity contribution in [1.29, 1.82) is 0 Å². The summed E-state index contributed by atoms with van der Waals surface area (Å²) in [5.41, 5.74) is 2.33. The van der Waals surface area contributed by atoms with Gasteiger partial charge < -0.3 is 24.7 Å². The maximum atomic E-state index is 5.41. The number of methoxy groups -OCH3 is 2. The van der Waals surface area contributed by atoms with Gasteiger partial charge in [0.1, 0.15) is 12.2 Å². The van der Waals surface area contributed by atoms with E-state index in [0.29, 0.717) is 6.54 Å². The molecule has 0 fully saturated rings. The molecule has 0 unspecified atom stereocenters. The van der Waals surface area contributed by atoms with Gasteiger partial charge in [0.2, 0.25) is 0 Å². The molecule has 1 aromatic heterocycles. The van der Waals surface area contributed by atoms with Gasteiger partial charge in [0.05, 0.1) is 20.8 Å². The number of aliphatic imine (C=N–C) groups is 1. The molecule has 0 bridgehead atoms. The summed E-state index contributed by atoms with van der Waals surface area (Å²) in [6.07, 6.45) is 3.46. The number of guanidine groups is 1. The highest BCUT2D eigenvalue weighted by Gasteiger charge is 2.06. The van der Waals surface area contributed by atoms with E-state index in [-0.39, 0.29) is 24.0 Å². The summed E-state index contributed by atoms with van der Waals surface area (Å²) in [7, 11) is 3.29. The first-order valence-electron chi connectivity index (χ1n) is 10.9. The number of hydrogen-bond acceptors (Lipinski definition) is 5. The van der Waals surface area contributed by atoms with Gasteiger partial charge in [0.25, 0.3) is 0 Å². The Labute approximate surface area is 212 Å². The van der Waals surface area contributed by atoms with Crippen LogP contribution in [0.3, 0.4) is 0 Å².